The van der Waals surface area contributed by atoms with Gasteiger partial charge in [-0.25, -0.2) is 4.79 Å². The van der Waals surface area contributed by atoms with E-state index in [-0.39, 0.29) is 24.2 Å². The van der Waals surface area contributed by atoms with Crippen LogP contribution in [0.2, 0.25) is 0 Å². The Morgan fingerprint density at radius 2 is 1.96 bits per heavy atom. The van der Waals surface area contributed by atoms with Gasteiger partial charge in [-0.3, -0.25) is 9.59 Å². The van der Waals surface area contributed by atoms with Crippen LogP contribution in [0.5, 0.6) is 0 Å². The summed E-state index contributed by atoms with van der Waals surface area (Å²) in [6.45, 7) is 0.494. The number of likely N-dealkylation sites (tertiary alicyclic amines) is 1. The van der Waals surface area contributed by atoms with Crippen LogP contribution in [0.1, 0.15) is 59.3 Å². The fourth-order valence-corrected chi connectivity index (χ4v) is 5.78. The Balaban J connectivity index is 1.49. The van der Waals surface area contributed by atoms with Gasteiger partial charge >= 0.3 is 5.97 Å². The molecule has 1 saturated carbocycles. The number of hydrogen-bond acceptors (Lipinski definition) is 5. The monoisotopic (exact) mass is 376 g/mol. The number of methoxy groups -OCH3 is 1. The Labute approximate surface area is 156 Å². The van der Waals surface area contributed by atoms with Gasteiger partial charge in [0.2, 0.25) is 11.8 Å². The van der Waals surface area contributed by atoms with Crippen LogP contribution in [0.3, 0.4) is 0 Å². The van der Waals surface area contributed by atoms with Crippen LogP contribution in [0.25, 0.3) is 0 Å². The number of esters is 1. The summed E-state index contributed by atoms with van der Waals surface area (Å²) in [5.41, 5.74) is 1.53. The van der Waals surface area contributed by atoms with Crippen LogP contribution in [0.15, 0.2) is 0 Å². The summed E-state index contributed by atoms with van der Waals surface area (Å²) < 4.78 is 4.92. The van der Waals surface area contributed by atoms with Gasteiger partial charge in [-0.1, -0.05) is 12.8 Å². The first-order chi connectivity index (χ1) is 12.6. The fraction of sp³-hybridized carbons (Fsp3) is 0.632. The molecule has 1 aromatic rings. The van der Waals surface area contributed by atoms with E-state index >= 15 is 0 Å². The van der Waals surface area contributed by atoms with Crippen LogP contribution in [-0.4, -0.2) is 42.4 Å². The number of fused-ring (bicyclic) bond motifs is 1. The summed E-state index contributed by atoms with van der Waals surface area (Å²) in [7, 11) is 1.36. The molecule has 2 amide bonds. The normalized spacial score (nSPS) is 22.7. The number of carbonyl (C=O) groups excluding carboxylic acids is 3. The number of thiophene rings is 1. The molecule has 2 heterocycles. The van der Waals surface area contributed by atoms with Crippen LogP contribution < -0.4 is 5.32 Å². The average molecular weight is 376 g/mol. The molecule has 1 unspecified atom stereocenters. The third-order valence-corrected chi connectivity index (χ3v) is 7.05. The number of carbonyl (C=O) groups is 3. The Bertz CT molecular complexity index is 751. The lowest BCUT2D eigenvalue weighted by Crippen LogP contribution is -2.35. The van der Waals surface area contributed by atoms with E-state index < -0.39 is 5.97 Å². The van der Waals surface area contributed by atoms with Gasteiger partial charge in [-0.2, -0.15) is 0 Å². The van der Waals surface area contributed by atoms with Crippen molar-refractivity contribution >= 4 is 34.1 Å². The zero-order valence-electron chi connectivity index (χ0n) is 15.0. The van der Waals surface area contributed by atoms with Crippen molar-refractivity contribution in [1.82, 2.24) is 4.90 Å². The lowest BCUT2D eigenvalue weighted by atomic mass is 10.1. The topological polar surface area (TPSA) is 75.7 Å². The molecular weight excluding hydrogens is 352 g/mol. The minimum absolute atomic E-state index is 0.0823. The van der Waals surface area contributed by atoms with E-state index in [4.69, 9.17) is 4.74 Å². The summed E-state index contributed by atoms with van der Waals surface area (Å²) >= 11 is 1.48. The zero-order chi connectivity index (χ0) is 18.3. The SMILES string of the molecule is COC(=O)c1c(NC(=O)C2CC(=O)N(C3CCCC3)C2)sc2c1CCC2. The molecule has 2 aliphatic carbocycles. The second kappa shape index (κ2) is 7.02. The standard InChI is InChI=1S/C19H24N2O4S/c1-25-19(24)16-13-7-4-8-14(13)26-18(16)20-17(23)11-9-15(22)21(10-11)12-5-2-3-6-12/h11-12H,2-10H2,1H3,(H,20,23). The van der Waals surface area contributed by atoms with E-state index in [1.165, 1.54) is 18.4 Å². The lowest BCUT2D eigenvalue weighted by molar-refractivity contribution is -0.129. The van der Waals surface area contributed by atoms with E-state index in [1.807, 2.05) is 4.90 Å². The predicted octanol–water partition coefficient (Wildman–Crippen LogP) is 2.75. The number of aryl methyl sites for hydroxylation is 1. The van der Waals surface area contributed by atoms with E-state index in [9.17, 15) is 14.4 Å². The maximum atomic E-state index is 12.8. The van der Waals surface area contributed by atoms with E-state index in [1.54, 1.807) is 0 Å². The van der Waals surface area contributed by atoms with Crippen molar-refractivity contribution in [2.75, 3.05) is 19.0 Å². The van der Waals surface area contributed by atoms with Gasteiger partial charge in [0.1, 0.15) is 5.00 Å². The Morgan fingerprint density at radius 1 is 1.19 bits per heavy atom. The highest BCUT2D eigenvalue weighted by molar-refractivity contribution is 7.17. The maximum absolute atomic E-state index is 12.8. The summed E-state index contributed by atoms with van der Waals surface area (Å²) in [5.74, 6) is -0.817. The van der Waals surface area contributed by atoms with Crippen molar-refractivity contribution in [3.63, 3.8) is 0 Å². The molecule has 6 nitrogen and oxygen atoms in total. The second-order valence-corrected chi connectivity index (χ2v) is 8.53. The Kier molecular flexibility index (Phi) is 4.73. The Morgan fingerprint density at radius 3 is 2.69 bits per heavy atom. The molecule has 1 aliphatic heterocycles. The Hall–Kier alpha value is -1.89. The van der Waals surface area contributed by atoms with Gasteiger partial charge in [0.15, 0.2) is 0 Å². The molecule has 0 aromatic carbocycles. The van der Waals surface area contributed by atoms with Crippen LogP contribution in [-0.2, 0) is 27.2 Å². The highest BCUT2D eigenvalue weighted by Crippen LogP contribution is 2.40. The van der Waals surface area contributed by atoms with Crippen molar-refractivity contribution in [1.29, 1.82) is 0 Å². The van der Waals surface area contributed by atoms with E-state index in [0.29, 0.717) is 23.2 Å². The van der Waals surface area contributed by atoms with Crippen LogP contribution in [0, 0.1) is 5.92 Å². The number of hydrogen-bond donors (Lipinski definition) is 1. The first-order valence-electron chi connectivity index (χ1n) is 9.41. The summed E-state index contributed by atoms with van der Waals surface area (Å²) in [6, 6.07) is 0.302. The molecule has 1 saturated heterocycles. The summed E-state index contributed by atoms with van der Waals surface area (Å²) in [5, 5.41) is 3.51. The van der Waals surface area contributed by atoms with Gasteiger partial charge in [0.25, 0.3) is 0 Å². The van der Waals surface area contributed by atoms with Gasteiger partial charge in [-0.05, 0) is 37.7 Å². The predicted molar refractivity (Wildman–Crippen MR) is 98.4 cm³/mol. The summed E-state index contributed by atoms with van der Waals surface area (Å²) in [6.07, 6.45) is 7.51. The number of rotatable bonds is 4. The van der Waals surface area contributed by atoms with Gasteiger partial charge in [0, 0.05) is 23.9 Å². The first-order valence-corrected chi connectivity index (χ1v) is 10.2. The highest BCUT2D eigenvalue weighted by atomic mass is 32.1. The zero-order valence-corrected chi connectivity index (χ0v) is 15.8. The molecule has 1 N–H and O–H groups in total. The quantitative estimate of drug-likeness (QED) is 0.820. The van der Waals surface area contributed by atoms with Crippen molar-refractivity contribution in [3.05, 3.63) is 16.0 Å². The smallest absolute Gasteiger partial charge is 0.341 e. The third kappa shape index (κ3) is 3.02. The van der Waals surface area contributed by atoms with Crippen molar-refractivity contribution in [3.8, 4) is 0 Å². The molecule has 4 rings (SSSR count). The van der Waals surface area contributed by atoms with Crippen molar-refractivity contribution in [2.24, 2.45) is 5.92 Å². The summed E-state index contributed by atoms with van der Waals surface area (Å²) in [4.78, 5) is 40.4. The van der Waals surface area contributed by atoms with Crippen molar-refractivity contribution in [2.45, 2.75) is 57.4 Å². The fourth-order valence-electron chi connectivity index (χ4n) is 4.50. The second-order valence-electron chi connectivity index (χ2n) is 7.43. The number of nitrogens with zero attached hydrogens (tertiary/aromatic N) is 1. The van der Waals surface area contributed by atoms with Gasteiger partial charge in [0.05, 0.1) is 18.6 Å². The molecule has 0 radical (unpaired) electrons. The van der Waals surface area contributed by atoms with Crippen LogP contribution in [0.4, 0.5) is 5.00 Å². The number of ether oxygens (including phenoxy) is 1. The minimum atomic E-state index is -0.394. The molecule has 0 spiro atoms. The van der Waals surface area contributed by atoms with E-state index in [2.05, 4.69) is 5.32 Å². The average Bonchev–Trinajstić information content (AvgIpc) is 3.37. The minimum Gasteiger partial charge on any atom is -0.465 e. The van der Waals surface area contributed by atoms with Crippen molar-refractivity contribution < 1.29 is 19.1 Å². The highest BCUT2D eigenvalue weighted by Gasteiger charge is 2.39. The molecule has 3 aliphatic rings. The molecule has 0 bridgehead atoms. The molecule has 2 fully saturated rings. The molecule has 140 valence electrons. The molecular formula is C19H24N2O4S. The first kappa shape index (κ1) is 17.5. The third-order valence-electron chi connectivity index (χ3n) is 5.84. The molecule has 7 heteroatoms. The molecule has 1 atom stereocenters. The largest absolute Gasteiger partial charge is 0.465 e. The van der Waals surface area contributed by atoms with Gasteiger partial charge in [-0.15, -0.1) is 11.3 Å². The lowest BCUT2D eigenvalue weighted by Gasteiger charge is -2.23. The number of amides is 2. The molecule has 26 heavy (non-hydrogen) atoms. The molecule has 1 aromatic heterocycles. The van der Waals surface area contributed by atoms with Gasteiger partial charge < -0.3 is 15.0 Å². The number of anilines is 1. The van der Waals surface area contributed by atoms with E-state index in [0.717, 1.165) is 55.4 Å². The maximum Gasteiger partial charge on any atom is 0.341 e. The van der Waals surface area contributed by atoms with Crippen LogP contribution >= 0.6 is 11.3 Å². The number of nitrogens with one attached hydrogen (secondary N) is 1.